The van der Waals surface area contributed by atoms with Gasteiger partial charge in [0.05, 0.1) is 5.56 Å². The molecule has 0 fully saturated rings. The van der Waals surface area contributed by atoms with Gasteiger partial charge in [0.15, 0.2) is 11.6 Å². The van der Waals surface area contributed by atoms with Gasteiger partial charge in [-0.25, -0.2) is 4.79 Å². The first-order valence-electron chi connectivity index (χ1n) is 9.57. The first-order valence-corrected chi connectivity index (χ1v) is 9.57. The highest BCUT2D eigenvalue weighted by Crippen LogP contribution is 2.20. The van der Waals surface area contributed by atoms with Crippen LogP contribution in [-0.2, 0) is 12.8 Å². The third-order valence-electron chi connectivity index (χ3n) is 4.89. The molecule has 0 aromatic heterocycles. The average molecular weight is 386 g/mol. The lowest BCUT2D eigenvalue weighted by molar-refractivity contribution is 0.0692. The van der Waals surface area contributed by atoms with Gasteiger partial charge in [-0.1, -0.05) is 78.9 Å². The zero-order valence-corrected chi connectivity index (χ0v) is 16.0. The second-order valence-corrected chi connectivity index (χ2v) is 6.83. The molecule has 0 heterocycles. The zero-order valence-electron chi connectivity index (χ0n) is 16.0. The lowest BCUT2D eigenvalue weighted by atomic mass is 9.92. The van der Waals surface area contributed by atoms with Crippen LogP contribution in [0.1, 0.15) is 55.0 Å². The second-order valence-electron chi connectivity index (χ2n) is 6.83. The molecule has 4 nitrogen and oxygen atoms in total. The Morgan fingerprint density at radius 2 is 1.00 bits per heavy atom. The smallest absolute Gasteiger partial charge is 0.336 e. The van der Waals surface area contributed by atoms with Crippen LogP contribution in [-0.4, -0.2) is 22.6 Å². The summed E-state index contributed by atoms with van der Waals surface area (Å²) in [6.45, 7) is 0. The van der Waals surface area contributed by atoms with Gasteiger partial charge in [-0.15, -0.1) is 0 Å². The molecule has 0 saturated heterocycles. The highest BCUT2D eigenvalue weighted by atomic mass is 16.4. The van der Waals surface area contributed by atoms with E-state index in [1.54, 1.807) is 66.7 Å². The summed E-state index contributed by atoms with van der Waals surface area (Å²) in [7, 11) is 0. The molecule has 0 spiro atoms. The van der Waals surface area contributed by atoms with Crippen LogP contribution in [0.2, 0.25) is 0 Å². The molecule has 3 aromatic carbocycles. The third kappa shape index (κ3) is 5.26. The number of hydrogen-bond acceptors (Lipinski definition) is 3. The summed E-state index contributed by atoms with van der Waals surface area (Å²) in [5, 5.41) is 9.74. The van der Waals surface area contributed by atoms with E-state index in [1.807, 2.05) is 12.1 Å². The highest BCUT2D eigenvalue weighted by molar-refractivity contribution is 5.97. The Morgan fingerprint density at radius 1 is 0.586 bits per heavy atom. The highest BCUT2D eigenvalue weighted by Gasteiger charge is 2.17. The molecule has 0 bridgehead atoms. The summed E-state index contributed by atoms with van der Waals surface area (Å²) < 4.78 is 0. The van der Waals surface area contributed by atoms with Crippen molar-refractivity contribution in [3.63, 3.8) is 0 Å². The largest absolute Gasteiger partial charge is 0.478 e. The minimum Gasteiger partial charge on any atom is -0.478 e. The third-order valence-corrected chi connectivity index (χ3v) is 4.89. The zero-order chi connectivity index (χ0) is 20.6. The minimum absolute atomic E-state index is 0.0217. The van der Waals surface area contributed by atoms with Crippen molar-refractivity contribution in [1.29, 1.82) is 0 Å². The molecule has 0 unspecified atom stereocenters. The van der Waals surface area contributed by atoms with Crippen molar-refractivity contribution in [2.75, 3.05) is 0 Å². The molecule has 0 aliphatic rings. The Hall–Kier alpha value is -3.53. The fourth-order valence-corrected chi connectivity index (χ4v) is 3.38. The molecule has 3 rings (SSSR count). The van der Waals surface area contributed by atoms with E-state index in [0.717, 1.165) is 0 Å². The maximum absolute atomic E-state index is 12.4. The van der Waals surface area contributed by atoms with Crippen LogP contribution >= 0.6 is 0 Å². The summed E-state index contributed by atoms with van der Waals surface area (Å²) in [6.07, 6.45) is 1.15. The SMILES string of the molecule is O=C(CCc1cccc(CCC(=O)c2ccccc2)c1C(=O)O)c1ccccc1. The van der Waals surface area contributed by atoms with E-state index in [0.29, 0.717) is 35.1 Å². The number of aryl methyl sites for hydroxylation is 2. The number of hydrogen-bond donors (Lipinski definition) is 1. The minimum atomic E-state index is -1.03. The van der Waals surface area contributed by atoms with Crippen LogP contribution in [0.15, 0.2) is 78.9 Å². The number of Topliss-reactive ketones (excluding diaryl/α,β-unsaturated/α-hetero) is 2. The van der Waals surface area contributed by atoms with Crippen molar-refractivity contribution >= 4 is 17.5 Å². The lowest BCUT2D eigenvalue weighted by Gasteiger charge is -2.11. The van der Waals surface area contributed by atoms with Crippen molar-refractivity contribution < 1.29 is 19.5 Å². The molecule has 146 valence electrons. The van der Waals surface area contributed by atoms with E-state index in [1.165, 1.54) is 0 Å². The van der Waals surface area contributed by atoms with Crippen LogP contribution < -0.4 is 0 Å². The maximum atomic E-state index is 12.4. The van der Waals surface area contributed by atoms with Crippen LogP contribution in [0.4, 0.5) is 0 Å². The van der Waals surface area contributed by atoms with Gasteiger partial charge >= 0.3 is 5.97 Å². The normalized spacial score (nSPS) is 10.5. The van der Waals surface area contributed by atoms with Crippen molar-refractivity contribution in [1.82, 2.24) is 0 Å². The molecule has 0 atom stereocenters. The van der Waals surface area contributed by atoms with Gasteiger partial charge in [0.1, 0.15) is 0 Å². The topological polar surface area (TPSA) is 71.4 Å². The predicted molar refractivity (Wildman–Crippen MR) is 112 cm³/mol. The van der Waals surface area contributed by atoms with Gasteiger partial charge in [0, 0.05) is 24.0 Å². The van der Waals surface area contributed by atoms with Crippen LogP contribution in [0.25, 0.3) is 0 Å². The number of rotatable bonds is 9. The Morgan fingerprint density at radius 3 is 1.38 bits per heavy atom. The molecule has 0 radical (unpaired) electrons. The first-order chi connectivity index (χ1) is 14.1. The number of aromatic carboxylic acids is 1. The molecule has 4 heteroatoms. The van der Waals surface area contributed by atoms with E-state index in [2.05, 4.69) is 0 Å². The monoisotopic (exact) mass is 386 g/mol. The Bertz CT molecular complexity index is 934. The Labute approximate surface area is 169 Å². The molecular formula is C25H22O4. The van der Waals surface area contributed by atoms with Gasteiger partial charge in [-0.2, -0.15) is 0 Å². The number of ketones is 2. The van der Waals surface area contributed by atoms with Gasteiger partial charge in [0.25, 0.3) is 0 Å². The van der Waals surface area contributed by atoms with E-state index < -0.39 is 5.97 Å². The summed E-state index contributed by atoms with van der Waals surface area (Å²) in [5.41, 5.74) is 2.68. The predicted octanol–water partition coefficient (Wildman–Crippen LogP) is 5.02. The maximum Gasteiger partial charge on any atom is 0.336 e. The van der Waals surface area contributed by atoms with E-state index >= 15 is 0 Å². The van der Waals surface area contributed by atoms with E-state index in [4.69, 9.17) is 0 Å². The molecule has 0 aliphatic heterocycles. The number of carbonyl (C=O) groups is 3. The van der Waals surface area contributed by atoms with Crippen LogP contribution in [0.3, 0.4) is 0 Å². The van der Waals surface area contributed by atoms with Gasteiger partial charge < -0.3 is 5.11 Å². The van der Waals surface area contributed by atoms with Crippen molar-refractivity contribution in [2.24, 2.45) is 0 Å². The number of carbonyl (C=O) groups excluding carboxylic acids is 2. The summed E-state index contributed by atoms with van der Waals surface area (Å²) in [6, 6.07) is 23.2. The van der Waals surface area contributed by atoms with E-state index in [-0.39, 0.29) is 30.0 Å². The average Bonchev–Trinajstić information content (AvgIpc) is 2.76. The summed E-state index contributed by atoms with van der Waals surface area (Å²) >= 11 is 0. The molecule has 0 amide bonds. The molecule has 0 aliphatic carbocycles. The van der Waals surface area contributed by atoms with Crippen molar-refractivity contribution in [3.8, 4) is 0 Å². The molecule has 0 saturated carbocycles. The standard InChI is InChI=1S/C25H22O4/c26-22(18-8-3-1-4-9-18)16-14-20-12-7-13-21(24(20)25(28)29)15-17-23(27)19-10-5-2-6-11-19/h1-13H,14-17H2,(H,28,29). The summed E-state index contributed by atoms with van der Waals surface area (Å²) in [4.78, 5) is 36.6. The first kappa shape index (κ1) is 20.2. The quantitative estimate of drug-likeness (QED) is 0.525. The lowest BCUT2D eigenvalue weighted by Crippen LogP contribution is -2.11. The Balaban J connectivity index is 1.73. The fourth-order valence-electron chi connectivity index (χ4n) is 3.38. The number of carboxylic acids is 1. The summed E-state index contributed by atoms with van der Waals surface area (Å²) in [5.74, 6) is -1.08. The Kier molecular flexibility index (Phi) is 6.69. The van der Waals surface area contributed by atoms with Crippen LogP contribution in [0, 0.1) is 0 Å². The second kappa shape index (κ2) is 9.60. The van der Waals surface area contributed by atoms with Gasteiger partial charge in [-0.05, 0) is 24.0 Å². The van der Waals surface area contributed by atoms with Crippen molar-refractivity contribution in [2.45, 2.75) is 25.7 Å². The van der Waals surface area contributed by atoms with Gasteiger partial charge in [-0.3, -0.25) is 9.59 Å². The van der Waals surface area contributed by atoms with Crippen molar-refractivity contribution in [3.05, 3.63) is 107 Å². The molecule has 29 heavy (non-hydrogen) atoms. The van der Waals surface area contributed by atoms with Crippen LogP contribution in [0.5, 0.6) is 0 Å². The molecular weight excluding hydrogens is 364 g/mol. The van der Waals surface area contributed by atoms with Gasteiger partial charge in [0.2, 0.25) is 0 Å². The fraction of sp³-hybridized carbons (Fsp3) is 0.160. The molecule has 1 N–H and O–H groups in total. The number of benzene rings is 3. The number of carboxylic acid groups (broad SMARTS) is 1. The molecule has 3 aromatic rings. The van der Waals surface area contributed by atoms with E-state index in [9.17, 15) is 19.5 Å².